The summed E-state index contributed by atoms with van der Waals surface area (Å²) in [6.45, 7) is 6.20. The van der Waals surface area contributed by atoms with Gasteiger partial charge in [-0.05, 0) is 47.9 Å². The van der Waals surface area contributed by atoms with Crippen molar-refractivity contribution in [3.63, 3.8) is 0 Å². The molecule has 1 unspecified atom stereocenters. The van der Waals surface area contributed by atoms with Crippen LogP contribution in [0.15, 0.2) is 78.0 Å². The van der Waals surface area contributed by atoms with Crippen LogP contribution < -0.4 is 9.47 Å². The summed E-state index contributed by atoms with van der Waals surface area (Å²) in [4.78, 5) is 15.7. The smallest absolute Gasteiger partial charge is 0.305 e. The number of oxime groups is 1. The quantitative estimate of drug-likeness (QED) is 0.291. The van der Waals surface area contributed by atoms with Crippen LogP contribution in [0.1, 0.15) is 30.4 Å². The number of benzene rings is 2. The van der Waals surface area contributed by atoms with Gasteiger partial charge in [0.25, 0.3) is 0 Å². The van der Waals surface area contributed by atoms with E-state index in [1.807, 2.05) is 43.3 Å². The Morgan fingerprint density at radius 3 is 2.34 bits per heavy atom. The Balaban J connectivity index is 1.91. The molecule has 1 atom stereocenters. The first kappa shape index (κ1) is 24.2. The molecule has 0 saturated heterocycles. The number of nitrogens with zero attached hydrogens (tertiary/aromatic N) is 2. The molecule has 0 aliphatic heterocycles. The maximum atomic E-state index is 10.8. The average Bonchev–Trinajstić information content (AvgIpc) is 2.80. The second-order valence-electron chi connectivity index (χ2n) is 6.88. The van der Waals surface area contributed by atoms with Gasteiger partial charge in [-0.2, -0.15) is 5.26 Å². The predicted octanol–water partition coefficient (Wildman–Crippen LogP) is 4.86. The van der Waals surface area contributed by atoms with Gasteiger partial charge in [0.15, 0.2) is 0 Å². The highest BCUT2D eigenvalue weighted by Gasteiger charge is 2.14. The maximum Gasteiger partial charge on any atom is 0.305 e. The Kier molecular flexibility index (Phi) is 9.54. The number of hydrogen-bond donors (Lipinski definition) is 1. The van der Waals surface area contributed by atoms with Gasteiger partial charge in [0.2, 0.25) is 0 Å². The van der Waals surface area contributed by atoms with E-state index in [2.05, 4.69) is 11.7 Å². The van der Waals surface area contributed by atoms with Gasteiger partial charge >= 0.3 is 5.97 Å². The lowest BCUT2D eigenvalue weighted by molar-refractivity contribution is -0.137. The molecule has 2 aromatic carbocycles. The molecule has 0 aromatic heterocycles. The molecule has 0 saturated carbocycles. The lowest BCUT2D eigenvalue weighted by Crippen LogP contribution is -2.13. The summed E-state index contributed by atoms with van der Waals surface area (Å²) in [5.41, 5.74) is 3.18. The summed E-state index contributed by atoms with van der Waals surface area (Å²) in [7, 11) is 1.49. The van der Waals surface area contributed by atoms with Crippen LogP contribution in [0.25, 0.3) is 0 Å². The van der Waals surface area contributed by atoms with Crippen molar-refractivity contribution in [1.29, 1.82) is 5.26 Å². The number of carboxylic acids is 1. The van der Waals surface area contributed by atoms with Crippen molar-refractivity contribution in [2.75, 3.05) is 13.7 Å². The predicted molar refractivity (Wildman–Crippen MR) is 122 cm³/mol. The number of carbonyl (C=O) groups is 1. The first-order chi connectivity index (χ1) is 15.5. The van der Waals surface area contributed by atoms with Crippen molar-refractivity contribution >= 4 is 11.7 Å². The van der Waals surface area contributed by atoms with E-state index in [9.17, 15) is 4.79 Å². The molecule has 0 heterocycles. The van der Waals surface area contributed by atoms with Gasteiger partial charge < -0.3 is 19.4 Å². The summed E-state index contributed by atoms with van der Waals surface area (Å²) in [6.07, 6.45) is 3.29. The Hall–Kier alpha value is -4.05. The summed E-state index contributed by atoms with van der Waals surface area (Å²) in [5, 5.41) is 22.0. The molecule has 7 nitrogen and oxygen atoms in total. The standard InChI is InChI=1S/C25H26N2O5/c1-4-5-18(2)24(27-30-3)17-32-22-10-6-19(7-11-22)16-31-23-12-8-20(9-13-23)21(15-26)14-25(28)29/h4-13,21H,1,14,16-17H2,2-3H3,(H,28,29). The SMILES string of the molecule is C=CC=C(C)C(COc1ccc(COc2ccc(C(C#N)CC(=O)O)cc2)cc1)=NOC. The number of aliphatic carboxylic acids is 1. The fraction of sp³-hybridized carbons (Fsp3) is 0.240. The van der Waals surface area contributed by atoms with E-state index in [1.54, 1.807) is 30.3 Å². The zero-order valence-electron chi connectivity index (χ0n) is 18.2. The third-order valence-electron chi connectivity index (χ3n) is 4.55. The molecule has 0 fully saturated rings. The number of rotatable bonds is 12. The molecule has 0 aliphatic rings. The van der Waals surface area contributed by atoms with Gasteiger partial charge in [0.1, 0.15) is 37.5 Å². The number of ether oxygens (including phenoxy) is 2. The fourth-order valence-corrected chi connectivity index (χ4v) is 2.80. The summed E-state index contributed by atoms with van der Waals surface area (Å²) < 4.78 is 11.6. The molecular formula is C25H26N2O5. The van der Waals surface area contributed by atoms with Gasteiger partial charge in [0.05, 0.1) is 18.4 Å². The molecule has 0 spiro atoms. The highest BCUT2D eigenvalue weighted by molar-refractivity contribution is 6.00. The van der Waals surface area contributed by atoms with Gasteiger partial charge in [0, 0.05) is 0 Å². The zero-order chi connectivity index (χ0) is 23.3. The van der Waals surface area contributed by atoms with Crippen molar-refractivity contribution < 1.29 is 24.2 Å². The van der Waals surface area contributed by atoms with E-state index < -0.39 is 11.9 Å². The van der Waals surface area contributed by atoms with E-state index in [0.717, 1.165) is 11.1 Å². The summed E-state index contributed by atoms with van der Waals surface area (Å²) in [6, 6.07) is 16.4. The molecule has 1 N–H and O–H groups in total. The van der Waals surface area contributed by atoms with Crippen molar-refractivity contribution in [2.24, 2.45) is 5.16 Å². The minimum atomic E-state index is -1.00. The first-order valence-corrected chi connectivity index (χ1v) is 9.92. The highest BCUT2D eigenvalue weighted by Crippen LogP contribution is 2.23. The van der Waals surface area contributed by atoms with Crippen molar-refractivity contribution in [3.8, 4) is 17.6 Å². The molecule has 7 heteroatoms. The van der Waals surface area contributed by atoms with E-state index in [0.29, 0.717) is 29.4 Å². The molecule has 166 valence electrons. The largest absolute Gasteiger partial charge is 0.489 e. The fourth-order valence-electron chi connectivity index (χ4n) is 2.80. The topological polar surface area (TPSA) is 101 Å². The van der Waals surface area contributed by atoms with Crippen LogP contribution in [0.5, 0.6) is 11.5 Å². The molecule has 2 aromatic rings. The van der Waals surface area contributed by atoms with E-state index in [-0.39, 0.29) is 13.0 Å². The van der Waals surface area contributed by atoms with Gasteiger partial charge in [-0.15, -0.1) is 0 Å². The summed E-state index contributed by atoms with van der Waals surface area (Å²) in [5.74, 6) is -0.366. The second-order valence-corrected chi connectivity index (χ2v) is 6.88. The van der Waals surface area contributed by atoms with Crippen LogP contribution in [0, 0.1) is 11.3 Å². The second kappa shape index (κ2) is 12.6. The molecule has 0 aliphatic carbocycles. The number of carboxylic acid groups (broad SMARTS) is 1. The number of nitriles is 1. The molecule has 0 amide bonds. The molecular weight excluding hydrogens is 408 g/mol. The summed E-state index contributed by atoms with van der Waals surface area (Å²) >= 11 is 0. The third kappa shape index (κ3) is 7.65. The Morgan fingerprint density at radius 2 is 1.78 bits per heavy atom. The minimum Gasteiger partial charge on any atom is -0.489 e. The van der Waals surface area contributed by atoms with Gasteiger partial charge in [-0.3, -0.25) is 4.79 Å². The zero-order valence-corrected chi connectivity index (χ0v) is 18.2. The van der Waals surface area contributed by atoms with Gasteiger partial charge in [-0.25, -0.2) is 0 Å². The monoisotopic (exact) mass is 434 g/mol. The van der Waals surface area contributed by atoms with Crippen LogP contribution in [0.4, 0.5) is 0 Å². The van der Waals surface area contributed by atoms with Crippen molar-refractivity contribution in [2.45, 2.75) is 25.9 Å². The van der Waals surface area contributed by atoms with Crippen LogP contribution in [0.2, 0.25) is 0 Å². The van der Waals surface area contributed by atoms with E-state index in [4.69, 9.17) is 24.7 Å². The van der Waals surface area contributed by atoms with Crippen LogP contribution in [-0.2, 0) is 16.2 Å². The van der Waals surface area contributed by atoms with Crippen molar-refractivity contribution in [1.82, 2.24) is 0 Å². The lowest BCUT2D eigenvalue weighted by Gasteiger charge is -2.11. The average molecular weight is 434 g/mol. The Labute approximate surface area is 187 Å². The third-order valence-corrected chi connectivity index (χ3v) is 4.55. The van der Waals surface area contributed by atoms with E-state index >= 15 is 0 Å². The number of hydrogen-bond acceptors (Lipinski definition) is 6. The molecule has 32 heavy (non-hydrogen) atoms. The van der Waals surface area contributed by atoms with Crippen LogP contribution in [-0.4, -0.2) is 30.5 Å². The normalized spacial score (nSPS) is 12.4. The van der Waals surface area contributed by atoms with E-state index in [1.165, 1.54) is 7.11 Å². The highest BCUT2D eigenvalue weighted by atomic mass is 16.6. The van der Waals surface area contributed by atoms with Crippen molar-refractivity contribution in [3.05, 3.63) is 84.0 Å². The van der Waals surface area contributed by atoms with Crippen LogP contribution >= 0.6 is 0 Å². The lowest BCUT2D eigenvalue weighted by atomic mass is 9.97. The van der Waals surface area contributed by atoms with Crippen LogP contribution in [0.3, 0.4) is 0 Å². The Bertz CT molecular complexity index is 1000. The first-order valence-electron chi connectivity index (χ1n) is 9.92. The molecule has 0 bridgehead atoms. The Morgan fingerprint density at radius 1 is 1.16 bits per heavy atom. The molecule has 2 rings (SSSR count). The number of allylic oxidation sites excluding steroid dienone is 2. The van der Waals surface area contributed by atoms with Gasteiger partial charge in [-0.1, -0.05) is 48.2 Å². The minimum absolute atomic E-state index is 0.228. The maximum absolute atomic E-state index is 10.8. The molecule has 0 radical (unpaired) electrons.